The molecule has 0 bridgehead atoms. The zero-order chi connectivity index (χ0) is 10.1. The summed E-state index contributed by atoms with van der Waals surface area (Å²) in [5.41, 5.74) is 2.20. The monoisotopic (exact) mass is 255 g/mol. The minimum atomic E-state index is 0.326. The van der Waals surface area contributed by atoms with E-state index in [9.17, 15) is 5.11 Å². The number of phenolic OH excluding ortho intramolecular Hbond substituents is 1. The minimum absolute atomic E-state index is 0.326. The van der Waals surface area contributed by atoms with Gasteiger partial charge in [-0.25, -0.2) is 0 Å². The Kier molecular flexibility index (Phi) is 2.79. The minimum Gasteiger partial charge on any atom is -0.508 e. The first-order valence-corrected chi connectivity index (χ1v) is 5.71. The molecule has 1 heterocycles. The van der Waals surface area contributed by atoms with Crippen LogP contribution in [-0.4, -0.2) is 11.7 Å². The molecule has 1 saturated heterocycles. The van der Waals surface area contributed by atoms with Crippen molar-refractivity contribution in [3.8, 4) is 5.75 Å². The van der Waals surface area contributed by atoms with Gasteiger partial charge in [-0.15, -0.1) is 0 Å². The first-order chi connectivity index (χ1) is 6.70. The van der Waals surface area contributed by atoms with Gasteiger partial charge in [0.1, 0.15) is 5.75 Å². The average Bonchev–Trinajstić information content (AvgIpc) is 2.65. The van der Waals surface area contributed by atoms with Crippen LogP contribution < -0.4 is 5.32 Å². The van der Waals surface area contributed by atoms with E-state index >= 15 is 0 Å². The third-order valence-electron chi connectivity index (χ3n) is 2.83. The van der Waals surface area contributed by atoms with E-state index in [2.05, 4.69) is 21.2 Å². The summed E-state index contributed by atoms with van der Waals surface area (Å²) < 4.78 is 1.07. The molecule has 0 radical (unpaired) electrons. The Hall–Kier alpha value is -0.540. The Morgan fingerprint density at radius 2 is 2.29 bits per heavy atom. The quantitative estimate of drug-likeness (QED) is 0.809. The highest BCUT2D eigenvalue weighted by molar-refractivity contribution is 9.10. The van der Waals surface area contributed by atoms with Gasteiger partial charge in [-0.05, 0) is 44.0 Å². The molecule has 0 aliphatic carbocycles. The van der Waals surface area contributed by atoms with Crippen LogP contribution in [0.1, 0.15) is 30.0 Å². The lowest BCUT2D eigenvalue weighted by Crippen LogP contribution is -2.14. The molecule has 76 valence electrons. The van der Waals surface area contributed by atoms with E-state index in [1.54, 1.807) is 6.07 Å². The van der Waals surface area contributed by atoms with Crippen molar-refractivity contribution in [2.24, 2.45) is 0 Å². The van der Waals surface area contributed by atoms with Gasteiger partial charge in [-0.1, -0.05) is 15.9 Å². The molecule has 0 spiro atoms. The van der Waals surface area contributed by atoms with Gasteiger partial charge in [-0.2, -0.15) is 0 Å². The molecule has 0 aromatic heterocycles. The Balaban J connectivity index is 2.44. The molecular weight excluding hydrogens is 242 g/mol. The lowest BCUT2D eigenvalue weighted by atomic mass is 9.99. The lowest BCUT2D eigenvalue weighted by molar-refractivity contribution is 0.455. The fourth-order valence-electron chi connectivity index (χ4n) is 2.06. The van der Waals surface area contributed by atoms with Crippen molar-refractivity contribution >= 4 is 15.9 Å². The van der Waals surface area contributed by atoms with Gasteiger partial charge in [0.05, 0.1) is 0 Å². The summed E-state index contributed by atoms with van der Waals surface area (Å²) in [5, 5.41) is 13.2. The molecule has 2 rings (SSSR count). The van der Waals surface area contributed by atoms with Crippen molar-refractivity contribution in [1.29, 1.82) is 0 Å². The number of benzene rings is 1. The van der Waals surface area contributed by atoms with Crippen LogP contribution in [0.15, 0.2) is 16.6 Å². The van der Waals surface area contributed by atoms with Crippen LogP contribution in [0.25, 0.3) is 0 Å². The van der Waals surface area contributed by atoms with E-state index in [1.165, 1.54) is 6.42 Å². The topological polar surface area (TPSA) is 32.3 Å². The van der Waals surface area contributed by atoms with Crippen LogP contribution in [0.4, 0.5) is 0 Å². The second kappa shape index (κ2) is 3.91. The van der Waals surface area contributed by atoms with Crippen molar-refractivity contribution in [3.63, 3.8) is 0 Å². The second-order valence-electron chi connectivity index (χ2n) is 3.75. The highest BCUT2D eigenvalue weighted by Gasteiger charge is 2.21. The zero-order valence-electron chi connectivity index (χ0n) is 8.18. The summed E-state index contributed by atoms with van der Waals surface area (Å²) in [5.74, 6) is 0.408. The summed E-state index contributed by atoms with van der Waals surface area (Å²) >= 11 is 3.49. The Bertz CT molecular complexity index is 345. The molecular formula is C11H14BrNO. The number of halogens is 1. The largest absolute Gasteiger partial charge is 0.508 e. The number of phenols is 1. The molecule has 0 saturated carbocycles. The molecule has 1 fully saturated rings. The van der Waals surface area contributed by atoms with Crippen LogP contribution >= 0.6 is 15.9 Å². The molecule has 3 heteroatoms. The number of aromatic hydroxyl groups is 1. The first kappa shape index (κ1) is 9.99. The van der Waals surface area contributed by atoms with Crippen LogP contribution in [-0.2, 0) is 0 Å². The van der Waals surface area contributed by atoms with E-state index in [4.69, 9.17) is 0 Å². The van der Waals surface area contributed by atoms with Crippen molar-refractivity contribution in [2.75, 3.05) is 6.54 Å². The maximum Gasteiger partial charge on any atom is 0.120 e. The average molecular weight is 256 g/mol. The van der Waals surface area contributed by atoms with Crippen LogP contribution in [0.2, 0.25) is 0 Å². The van der Waals surface area contributed by atoms with E-state index in [-0.39, 0.29) is 0 Å². The number of rotatable bonds is 1. The number of nitrogens with one attached hydrogen (secondary N) is 1. The van der Waals surface area contributed by atoms with Crippen molar-refractivity contribution in [1.82, 2.24) is 5.32 Å². The first-order valence-electron chi connectivity index (χ1n) is 4.91. The Morgan fingerprint density at radius 1 is 1.50 bits per heavy atom. The van der Waals surface area contributed by atoms with Gasteiger partial charge < -0.3 is 10.4 Å². The summed E-state index contributed by atoms with van der Waals surface area (Å²) in [7, 11) is 0. The summed E-state index contributed by atoms with van der Waals surface area (Å²) in [6, 6.07) is 3.97. The lowest BCUT2D eigenvalue weighted by Gasteiger charge is -2.16. The molecule has 1 aromatic rings. The second-order valence-corrected chi connectivity index (χ2v) is 4.61. The Labute approximate surface area is 92.5 Å². The molecule has 1 atom stereocenters. The molecule has 14 heavy (non-hydrogen) atoms. The zero-order valence-corrected chi connectivity index (χ0v) is 9.76. The third kappa shape index (κ3) is 1.66. The van der Waals surface area contributed by atoms with E-state index in [1.807, 2.05) is 13.0 Å². The van der Waals surface area contributed by atoms with Crippen LogP contribution in [0.5, 0.6) is 5.75 Å². The SMILES string of the molecule is Cc1c(Br)ccc(O)c1C1CCCN1. The molecule has 2 N–H and O–H groups in total. The summed E-state index contributed by atoms with van der Waals surface area (Å²) in [4.78, 5) is 0. The molecule has 1 unspecified atom stereocenters. The standard InChI is InChI=1S/C11H14BrNO/c1-7-8(12)4-5-10(14)11(7)9-3-2-6-13-9/h4-5,9,13-14H,2-3,6H2,1H3. The van der Waals surface area contributed by atoms with Gasteiger partial charge in [0.2, 0.25) is 0 Å². The van der Waals surface area contributed by atoms with Crippen molar-refractivity contribution in [2.45, 2.75) is 25.8 Å². The highest BCUT2D eigenvalue weighted by Crippen LogP contribution is 2.35. The molecule has 1 aliphatic heterocycles. The third-order valence-corrected chi connectivity index (χ3v) is 3.69. The van der Waals surface area contributed by atoms with Gasteiger partial charge in [-0.3, -0.25) is 0 Å². The van der Waals surface area contributed by atoms with Crippen LogP contribution in [0, 0.1) is 6.92 Å². The van der Waals surface area contributed by atoms with E-state index in [0.29, 0.717) is 11.8 Å². The fourth-order valence-corrected chi connectivity index (χ4v) is 2.40. The van der Waals surface area contributed by atoms with Gasteiger partial charge in [0.25, 0.3) is 0 Å². The van der Waals surface area contributed by atoms with Gasteiger partial charge in [0, 0.05) is 16.1 Å². The summed E-state index contributed by atoms with van der Waals surface area (Å²) in [6.45, 7) is 3.09. The normalized spacial score (nSPS) is 21.4. The molecule has 1 aliphatic rings. The van der Waals surface area contributed by atoms with E-state index < -0.39 is 0 Å². The highest BCUT2D eigenvalue weighted by atomic mass is 79.9. The predicted octanol–water partition coefficient (Wildman–Crippen LogP) is 2.89. The molecule has 0 amide bonds. The number of hydrogen-bond donors (Lipinski definition) is 2. The fraction of sp³-hybridized carbons (Fsp3) is 0.455. The Morgan fingerprint density at radius 3 is 2.93 bits per heavy atom. The van der Waals surface area contributed by atoms with Gasteiger partial charge >= 0.3 is 0 Å². The number of hydrogen-bond acceptors (Lipinski definition) is 2. The van der Waals surface area contributed by atoms with Crippen molar-refractivity contribution < 1.29 is 5.11 Å². The van der Waals surface area contributed by atoms with E-state index in [0.717, 1.165) is 28.6 Å². The molecule has 1 aromatic carbocycles. The van der Waals surface area contributed by atoms with Crippen LogP contribution in [0.3, 0.4) is 0 Å². The molecule has 2 nitrogen and oxygen atoms in total. The van der Waals surface area contributed by atoms with Crippen molar-refractivity contribution in [3.05, 3.63) is 27.7 Å². The van der Waals surface area contributed by atoms with Gasteiger partial charge in [0.15, 0.2) is 0 Å². The smallest absolute Gasteiger partial charge is 0.120 e. The summed E-state index contributed by atoms with van der Waals surface area (Å²) in [6.07, 6.45) is 2.31. The maximum absolute atomic E-state index is 9.82. The predicted molar refractivity (Wildman–Crippen MR) is 60.5 cm³/mol. The maximum atomic E-state index is 9.82.